The lowest BCUT2D eigenvalue weighted by atomic mass is 9.97. The molecule has 0 aromatic carbocycles. The van der Waals surface area contributed by atoms with Gasteiger partial charge in [-0.2, -0.15) is 5.26 Å². The maximum atomic E-state index is 13.8. The summed E-state index contributed by atoms with van der Waals surface area (Å²) in [4.78, 5) is 15.8. The SMILES string of the molecule is CC[C@@H]1[C@H](F)C(=O)N[C@@H]1COc1csc2cc(C#N)c(OC)nc12. The first-order chi connectivity index (χ1) is 11.6. The van der Waals surface area contributed by atoms with E-state index >= 15 is 0 Å². The molecular formula is C16H16FN3O3S. The van der Waals surface area contributed by atoms with Crippen molar-refractivity contribution in [2.24, 2.45) is 5.92 Å². The molecule has 0 bridgehead atoms. The summed E-state index contributed by atoms with van der Waals surface area (Å²) in [6.07, 6.45) is -0.935. The van der Waals surface area contributed by atoms with E-state index in [-0.39, 0.29) is 18.5 Å². The molecule has 0 spiro atoms. The molecule has 0 unspecified atom stereocenters. The molecule has 3 heterocycles. The minimum atomic E-state index is -1.49. The van der Waals surface area contributed by atoms with Crippen LogP contribution in [-0.2, 0) is 4.79 Å². The molecule has 6 nitrogen and oxygen atoms in total. The summed E-state index contributed by atoms with van der Waals surface area (Å²) < 4.78 is 25.5. The summed E-state index contributed by atoms with van der Waals surface area (Å²) in [5, 5.41) is 13.5. The highest BCUT2D eigenvalue weighted by Gasteiger charge is 2.41. The van der Waals surface area contributed by atoms with Gasteiger partial charge in [-0.25, -0.2) is 9.37 Å². The zero-order valence-electron chi connectivity index (χ0n) is 13.2. The molecule has 0 radical (unpaired) electrons. The van der Waals surface area contributed by atoms with Crippen LogP contribution in [0.25, 0.3) is 10.2 Å². The van der Waals surface area contributed by atoms with Crippen LogP contribution >= 0.6 is 11.3 Å². The molecule has 1 amide bonds. The number of methoxy groups -OCH3 is 1. The normalized spacial score (nSPS) is 23.1. The number of carbonyl (C=O) groups is 1. The molecule has 1 aliphatic heterocycles. The molecular weight excluding hydrogens is 333 g/mol. The number of hydrogen-bond donors (Lipinski definition) is 1. The maximum Gasteiger partial charge on any atom is 0.255 e. The van der Waals surface area contributed by atoms with Crippen LogP contribution in [-0.4, -0.2) is 36.8 Å². The van der Waals surface area contributed by atoms with Crippen LogP contribution in [0.5, 0.6) is 11.6 Å². The van der Waals surface area contributed by atoms with Gasteiger partial charge in [-0.05, 0) is 12.5 Å². The minimum absolute atomic E-state index is 0.167. The lowest BCUT2D eigenvalue weighted by Crippen LogP contribution is -2.34. The van der Waals surface area contributed by atoms with Gasteiger partial charge in [-0.3, -0.25) is 4.79 Å². The van der Waals surface area contributed by atoms with Crippen molar-refractivity contribution in [3.63, 3.8) is 0 Å². The third kappa shape index (κ3) is 2.76. The van der Waals surface area contributed by atoms with Crippen LogP contribution in [0.3, 0.4) is 0 Å². The zero-order chi connectivity index (χ0) is 17.3. The third-order valence-electron chi connectivity index (χ3n) is 4.15. The highest BCUT2D eigenvalue weighted by atomic mass is 32.1. The second-order valence-corrected chi connectivity index (χ2v) is 6.41. The first-order valence-electron chi connectivity index (χ1n) is 7.52. The standard InChI is InChI=1S/C16H16FN3O3S/c1-3-9-10(19-15(21)13(9)17)6-23-11-7-24-12-4-8(5-18)16(22-2)20-14(11)12/h4,7,9-10,13H,3,6H2,1-2H3,(H,19,21)/t9-,10+,13-/m0/s1. The largest absolute Gasteiger partial charge is 0.488 e. The van der Waals surface area contributed by atoms with Crippen LogP contribution in [0.4, 0.5) is 4.39 Å². The summed E-state index contributed by atoms with van der Waals surface area (Å²) in [5.41, 5.74) is 0.942. The first-order valence-corrected chi connectivity index (χ1v) is 8.40. The second-order valence-electron chi connectivity index (χ2n) is 5.50. The van der Waals surface area contributed by atoms with E-state index in [1.54, 1.807) is 11.4 Å². The zero-order valence-corrected chi connectivity index (χ0v) is 14.0. The van der Waals surface area contributed by atoms with Crippen molar-refractivity contribution in [2.45, 2.75) is 25.6 Å². The Morgan fingerprint density at radius 1 is 1.54 bits per heavy atom. The van der Waals surface area contributed by atoms with E-state index in [1.807, 2.05) is 13.0 Å². The molecule has 2 aromatic rings. The monoisotopic (exact) mass is 349 g/mol. The number of nitrogens with one attached hydrogen (secondary N) is 1. The Hall–Kier alpha value is -2.40. The molecule has 24 heavy (non-hydrogen) atoms. The Morgan fingerprint density at radius 2 is 2.33 bits per heavy atom. The van der Waals surface area contributed by atoms with Gasteiger partial charge in [0.15, 0.2) is 11.9 Å². The van der Waals surface area contributed by atoms with Gasteiger partial charge >= 0.3 is 0 Å². The average molecular weight is 349 g/mol. The van der Waals surface area contributed by atoms with Gasteiger partial charge in [-0.1, -0.05) is 6.92 Å². The van der Waals surface area contributed by atoms with Crippen LogP contribution in [0.2, 0.25) is 0 Å². The number of hydrogen-bond acceptors (Lipinski definition) is 6. The first kappa shape index (κ1) is 16.5. The van der Waals surface area contributed by atoms with Gasteiger partial charge in [0.25, 0.3) is 5.91 Å². The Labute approximate surface area is 142 Å². The van der Waals surface area contributed by atoms with E-state index in [4.69, 9.17) is 14.7 Å². The van der Waals surface area contributed by atoms with Crippen molar-refractivity contribution < 1.29 is 18.7 Å². The van der Waals surface area contributed by atoms with E-state index in [0.29, 0.717) is 23.3 Å². The Morgan fingerprint density at radius 3 is 3.00 bits per heavy atom. The van der Waals surface area contributed by atoms with E-state index < -0.39 is 18.0 Å². The fraction of sp³-hybridized carbons (Fsp3) is 0.438. The summed E-state index contributed by atoms with van der Waals surface area (Å²) in [7, 11) is 1.45. The van der Waals surface area contributed by atoms with Crippen LogP contribution in [0, 0.1) is 17.2 Å². The Kier molecular flexibility index (Phi) is 4.53. The van der Waals surface area contributed by atoms with Gasteiger partial charge in [-0.15, -0.1) is 11.3 Å². The number of carbonyl (C=O) groups excluding carboxylic acids is 1. The fourth-order valence-corrected chi connectivity index (χ4v) is 3.72. The second kappa shape index (κ2) is 6.61. The molecule has 1 fully saturated rings. The Bertz CT molecular complexity index is 817. The van der Waals surface area contributed by atoms with Gasteiger partial charge in [0.05, 0.1) is 17.9 Å². The van der Waals surface area contributed by atoms with E-state index in [9.17, 15) is 9.18 Å². The molecule has 1 aliphatic rings. The van der Waals surface area contributed by atoms with Crippen molar-refractivity contribution in [2.75, 3.05) is 13.7 Å². The molecule has 1 saturated heterocycles. The summed E-state index contributed by atoms with van der Waals surface area (Å²) in [6.45, 7) is 2.01. The van der Waals surface area contributed by atoms with Crippen molar-refractivity contribution in [3.8, 4) is 17.7 Å². The number of amides is 1. The number of nitrogens with zero attached hydrogens (tertiary/aromatic N) is 2. The number of alkyl halides is 1. The summed E-state index contributed by atoms with van der Waals surface area (Å²) >= 11 is 1.40. The average Bonchev–Trinajstić information content (AvgIpc) is 3.11. The summed E-state index contributed by atoms with van der Waals surface area (Å²) in [6, 6.07) is 3.37. The van der Waals surface area contributed by atoms with Gasteiger partial charge < -0.3 is 14.8 Å². The number of halogens is 1. The van der Waals surface area contributed by atoms with Crippen LogP contribution in [0.15, 0.2) is 11.4 Å². The molecule has 3 rings (SSSR count). The van der Waals surface area contributed by atoms with E-state index in [2.05, 4.69) is 10.3 Å². The molecule has 1 N–H and O–H groups in total. The number of ether oxygens (including phenoxy) is 2. The number of aromatic nitrogens is 1. The molecule has 3 atom stereocenters. The van der Waals surface area contributed by atoms with Crippen LogP contribution in [0.1, 0.15) is 18.9 Å². The number of fused-ring (bicyclic) bond motifs is 1. The van der Waals surface area contributed by atoms with E-state index in [0.717, 1.165) is 4.70 Å². The van der Waals surface area contributed by atoms with Crippen molar-refractivity contribution in [1.29, 1.82) is 5.26 Å². The lowest BCUT2D eigenvalue weighted by Gasteiger charge is -2.18. The third-order valence-corrected chi connectivity index (χ3v) is 5.05. The number of pyridine rings is 1. The van der Waals surface area contributed by atoms with Gasteiger partial charge in [0.1, 0.15) is 23.8 Å². The van der Waals surface area contributed by atoms with Crippen molar-refractivity contribution in [1.82, 2.24) is 10.3 Å². The molecule has 2 aromatic heterocycles. The molecule has 0 aliphatic carbocycles. The highest BCUT2D eigenvalue weighted by Crippen LogP contribution is 2.34. The number of nitriles is 1. The number of thiophene rings is 1. The fourth-order valence-electron chi connectivity index (χ4n) is 2.86. The van der Waals surface area contributed by atoms with Crippen LogP contribution < -0.4 is 14.8 Å². The highest BCUT2D eigenvalue weighted by molar-refractivity contribution is 7.17. The predicted octanol–water partition coefficient (Wildman–Crippen LogP) is 2.42. The molecule has 8 heteroatoms. The molecule has 126 valence electrons. The van der Waals surface area contributed by atoms with E-state index in [1.165, 1.54) is 18.4 Å². The summed E-state index contributed by atoms with van der Waals surface area (Å²) in [5.74, 6) is -0.207. The Balaban J connectivity index is 1.81. The smallest absolute Gasteiger partial charge is 0.255 e. The number of rotatable bonds is 5. The quantitative estimate of drug-likeness (QED) is 0.896. The molecule has 0 saturated carbocycles. The lowest BCUT2D eigenvalue weighted by molar-refractivity contribution is -0.123. The van der Waals surface area contributed by atoms with Gasteiger partial charge in [0.2, 0.25) is 5.88 Å². The van der Waals surface area contributed by atoms with Crippen molar-refractivity contribution >= 4 is 27.5 Å². The van der Waals surface area contributed by atoms with Crippen molar-refractivity contribution in [3.05, 3.63) is 17.0 Å². The minimum Gasteiger partial charge on any atom is -0.488 e. The maximum absolute atomic E-state index is 13.8. The van der Waals surface area contributed by atoms with Gasteiger partial charge in [0, 0.05) is 11.3 Å². The topological polar surface area (TPSA) is 84.2 Å². The predicted molar refractivity (Wildman–Crippen MR) is 87.0 cm³/mol.